The number of benzene rings is 1. The van der Waals surface area contributed by atoms with E-state index < -0.39 is 0 Å². The predicted molar refractivity (Wildman–Crippen MR) is 95.9 cm³/mol. The van der Waals surface area contributed by atoms with Gasteiger partial charge in [-0.25, -0.2) is 0 Å². The molecule has 23 heavy (non-hydrogen) atoms. The topological polar surface area (TPSA) is 31.0 Å². The Balaban J connectivity index is 1.44. The summed E-state index contributed by atoms with van der Waals surface area (Å²) >= 11 is 0. The van der Waals surface area contributed by atoms with Gasteiger partial charge in [-0.15, -0.1) is 0 Å². The number of anilines is 2. The van der Waals surface area contributed by atoms with E-state index in [0.717, 1.165) is 11.6 Å². The van der Waals surface area contributed by atoms with Crippen molar-refractivity contribution < 1.29 is 4.84 Å². The van der Waals surface area contributed by atoms with E-state index in [2.05, 4.69) is 51.5 Å². The summed E-state index contributed by atoms with van der Waals surface area (Å²) in [4.78, 5) is 12.5. The monoisotopic (exact) mass is 318 g/mol. The third-order valence-corrected chi connectivity index (χ3v) is 5.18. The molecule has 5 nitrogen and oxygen atoms in total. The molecule has 0 amide bonds. The molecule has 0 saturated carbocycles. The minimum atomic E-state index is 0.865. The number of rotatable bonds is 5. The maximum atomic E-state index is 4.93. The van der Waals surface area contributed by atoms with Crippen molar-refractivity contribution in [1.29, 1.82) is 0 Å². The summed E-state index contributed by atoms with van der Waals surface area (Å²) < 4.78 is 0. The largest absolute Gasteiger partial charge is 0.372 e. The number of nitrogens with zero attached hydrogens (tertiary/aromatic N) is 3. The van der Waals surface area contributed by atoms with Crippen molar-refractivity contribution in [2.24, 2.45) is 5.92 Å². The van der Waals surface area contributed by atoms with E-state index in [1.165, 1.54) is 64.3 Å². The van der Waals surface area contributed by atoms with Crippen molar-refractivity contribution in [3.05, 3.63) is 24.3 Å². The molecule has 1 aromatic carbocycles. The summed E-state index contributed by atoms with van der Waals surface area (Å²) in [6.07, 6.45) is 2.62. The third kappa shape index (κ3) is 4.59. The van der Waals surface area contributed by atoms with Gasteiger partial charge in [0.05, 0.1) is 12.8 Å². The van der Waals surface area contributed by atoms with Crippen molar-refractivity contribution in [2.45, 2.75) is 12.8 Å². The van der Waals surface area contributed by atoms with Gasteiger partial charge in [0.1, 0.15) is 0 Å². The van der Waals surface area contributed by atoms with Crippen molar-refractivity contribution in [3.8, 4) is 0 Å². The Morgan fingerprint density at radius 1 is 1.00 bits per heavy atom. The molecular weight excluding hydrogens is 288 g/mol. The molecule has 0 radical (unpaired) electrons. The Kier molecular flexibility index (Phi) is 5.75. The average Bonchev–Trinajstić information content (AvgIpc) is 2.59. The van der Waals surface area contributed by atoms with Gasteiger partial charge in [0.15, 0.2) is 0 Å². The number of likely N-dealkylation sites (N-methyl/N-ethyl adjacent to an activating group) is 1. The molecule has 5 heteroatoms. The molecule has 1 N–H and O–H groups in total. The standard InChI is InChI=1S/C18H30N4O/c1-20-11-13-21(14-12-20)15-16-7-9-22(10-8-16)18-5-3-17(4-6-18)19-23-2/h3-6,16,19H,7-15H2,1-2H3. The van der Waals surface area contributed by atoms with Crippen LogP contribution in [0.3, 0.4) is 0 Å². The summed E-state index contributed by atoms with van der Waals surface area (Å²) in [6, 6.07) is 8.52. The van der Waals surface area contributed by atoms with Crippen LogP contribution in [0.2, 0.25) is 0 Å². The van der Waals surface area contributed by atoms with E-state index in [0.29, 0.717) is 0 Å². The van der Waals surface area contributed by atoms with Crippen LogP contribution >= 0.6 is 0 Å². The zero-order chi connectivity index (χ0) is 16.1. The molecule has 1 aromatic rings. The van der Waals surface area contributed by atoms with Crippen molar-refractivity contribution in [3.63, 3.8) is 0 Å². The molecular formula is C18H30N4O. The lowest BCUT2D eigenvalue weighted by Crippen LogP contribution is -2.47. The van der Waals surface area contributed by atoms with Crippen LogP contribution < -0.4 is 10.4 Å². The molecule has 0 unspecified atom stereocenters. The lowest BCUT2D eigenvalue weighted by atomic mass is 9.95. The van der Waals surface area contributed by atoms with Gasteiger partial charge in [0, 0.05) is 51.5 Å². The Labute approximate surface area is 140 Å². The van der Waals surface area contributed by atoms with Crippen LogP contribution in [0.1, 0.15) is 12.8 Å². The van der Waals surface area contributed by atoms with Gasteiger partial charge in [-0.3, -0.25) is 10.3 Å². The molecule has 128 valence electrons. The van der Waals surface area contributed by atoms with Crippen molar-refractivity contribution in [1.82, 2.24) is 9.80 Å². The fourth-order valence-corrected chi connectivity index (χ4v) is 3.63. The van der Waals surface area contributed by atoms with Gasteiger partial charge in [-0.05, 0) is 50.1 Å². The molecule has 2 saturated heterocycles. The highest BCUT2D eigenvalue weighted by atomic mass is 16.6. The van der Waals surface area contributed by atoms with E-state index in [1.54, 1.807) is 7.11 Å². The first-order valence-electron chi connectivity index (χ1n) is 8.79. The second kappa shape index (κ2) is 7.99. The fraction of sp³-hybridized carbons (Fsp3) is 0.667. The van der Waals surface area contributed by atoms with Gasteiger partial charge < -0.3 is 14.7 Å². The highest BCUT2D eigenvalue weighted by molar-refractivity contribution is 5.54. The molecule has 0 aromatic heterocycles. The second-order valence-electron chi connectivity index (χ2n) is 6.89. The zero-order valence-corrected chi connectivity index (χ0v) is 14.5. The van der Waals surface area contributed by atoms with E-state index >= 15 is 0 Å². The normalized spacial score (nSPS) is 21.6. The highest BCUT2D eigenvalue weighted by Crippen LogP contribution is 2.25. The van der Waals surface area contributed by atoms with E-state index in [4.69, 9.17) is 4.84 Å². The SMILES string of the molecule is CONc1ccc(N2CCC(CN3CCN(C)CC3)CC2)cc1. The molecule has 0 aliphatic carbocycles. The van der Waals surface area contributed by atoms with Gasteiger partial charge in [-0.2, -0.15) is 0 Å². The molecule has 2 fully saturated rings. The van der Waals surface area contributed by atoms with E-state index in [-0.39, 0.29) is 0 Å². The van der Waals surface area contributed by atoms with E-state index in [1.807, 2.05) is 0 Å². The Hall–Kier alpha value is -1.30. The third-order valence-electron chi connectivity index (χ3n) is 5.18. The second-order valence-corrected chi connectivity index (χ2v) is 6.89. The van der Waals surface area contributed by atoms with Gasteiger partial charge >= 0.3 is 0 Å². The minimum Gasteiger partial charge on any atom is -0.372 e. The van der Waals surface area contributed by atoms with Crippen LogP contribution in [-0.2, 0) is 4.84 Å². The van der Waals surface area contributed by atoms with Crippen LogP contribution in [0.15, 0.2) is 24.3 Å². The van der Waals surface area contributed by atoms with Crippen LogP contribution in [0.5, 0.6) is 0 Å². The molecule has 0 atom stereocenters. The predicted octanol–water partition coefficient (Wildman–Crippen LogP) is 2.12. The number of nitrogens with one attached hydrogen (secondary N) is 1. The Bertz CT molecular complexity index is 462. The number of piperazine rings is 1. The first-order valence-corrected chi connectivity index (χ1v) is 8.79. The minimum absolute atomic E-state index is 0.865. The maximum Gasteiger partial charge on any atom is 0.0636 e. The maximum absolute atomic E-state index is 4.93. The summed E-state index contributed by atoms with van der Waals surface area (Å²) in [5.41, 5.74) is 5.19. The fourth-order valence-electron chi connectivity index (χ4n) is 3.63. The summed E-state index contributed by atoms with van der Waals surface area (Å²) in [5.74, 6) is 0.865. The Morgan fingerprint density at radius 2 is 1.65 bits per heavy atom. The van der Waals surface area contributed by atoms with Crippen LogP contribution in [0.4, 0.5) is 11.4 Å². The first-order chi connectivity index (χ1) is 11.2. The summed E-state index contributed by atoms with van der Waals surface area (Å²) in [5, 5.41) is 0. The van der Waals surface area contributed by atoms with Crippen LogP contribution in [-0.4, -0.2) is 69.8 Å². The molecule has 0 spiro atoms. The number of piperidine rings is 1. The quantitative estimate of drug-likeness (QED) is 0.841. The summed E-state index contributed by atoms with van der Waals surface area (Å²) in [7, 11) is 3.86. The van der Waals surface area contributed by atoms with Crippen LogP contribution in [0.25, 0.3) is 0 Å². The van der Waals surface area contributed by atoms with Crippen LogP contribution in [0, 0.1) is 5.92 Å². The van der Waals surface area contributed by atoms with Crippen molar-refractivity contribution in [2.75, 3.05) is 70.4 Å². The first kappa shape index (κ1) is 16.6. The van der Waals surface area contributed by atoms with Gasteiger partial charge in [0.2, 0.25) is 0 Å². The molecule has 3 rings (SSSR count). The molecule has 2 aliphatic heterocycles. The molecule has 2 aliphatic rings. The summed E-state index contributed by atoms with van der Waals surface area (Å²) in [6.45, 7) is 8.57. The van der Waals surface area contributed by atoms with Crippen molar-refractivity contribution >= 4 is 11.4 Å². The van der Waals surface area contributed by atoms with Gasteiger partial charge in [0.25, 0.3) is 0 Å². The Morgan fingerprint density at radius 3 is 2.26 bits per heavy atom. The lowest BCUT2D eigenvalue weighted by Gasteiger charge is -2.38. The smallest absolute Gasteiger partial charge is 0.0636 e. The lowest BCUT2D eigenvalue weighted by molar-refractivity contribution is 0.129. The molecule has 0 bridgehead atoms. The van der Waals surface area contributed by atoms with Gasteiger partial charge in [-0.1, -0.05) is 0 Å². The average molecular weight is 318 g/mol. The highest BCUT2D eigenvalue weighted by Gasteiger charge is 2.23. The molecule has 2 heterocycles. The number of hydrogen-bond acceptors (Lipinski definition) is 5. The van der Waals surface area contributed by atoms with E-state index in [9.17, 15) is 0 Å². The zero-order valence-electron chi connectivity index (χ0n) is 14.5. The number of hydrogen-bond donors (Lipinski definition) is 1.